The molecule has 0 unspecified atom stereocenters. The minimum atomic E-state index is 0.688. The first-order chi connectivity index (χ1) is 15.3. The van der Waals surface area contributed by atoms with Crippen molar-refractivity contribution in [1.29, 1.82) is 5.26 Å². The van der Waals surface area contributed by atoms with Crippen molar-refractivity contribution in [3.05, 3.63) is 47.9 Å². The molecule has 1 aromatic heterocycles. The molecule has 0 N–H and O–H groups in total. The number of aryl methyl sites for hydroxylation is 1. The second-order valence-corrected chi connectivity index (χ2v) is 9.39. The van der Waals surface area contributed by atoms with Gasteiger partial charge in [-0.3, -0.25) is 0 Å². The summed E-state index contributed by atoms with van der Waals surface area (Å²) in [6.07, 6.45) is 22.7. The zero-order chi connectivity index (χ0) is 21.7. The third kappa shape index (κ3) is 7.46. The van der Waals surface area contributed by atoms with E-state index < -0.39 is 0 Å². The molecule has 0 radical (unpaired) electrons. The van der Waals surface area contributed by atoms with E-state index in [4.69, 9.17) is 0 Å². The Morgan fingerprint density at radius 1 is 0.903 bits per heavy atom. The van der Waals surface area contributed by atoms with Crippen molar-refractivity contribution < 1.29 is 0 Å². The lowest BCUT2D eigenvalue weighted by Gasteiger charge is -2.28. The van der Waals surface area contributed by atoms with Gasteiger partial charge >= 0.3 is 0 Å². The summed E-state index contributed by atoms with van der Waals surface area (Å²) in [5.41, 5.74) is 3.73. The summed E-state index contributed by atoms with van der Waals surface area (Å²) < 4.78 is 0. The van der Waals surface area contributed by atoms with Crippen molar-refractivity contribution in [1.82, 2.24) is 9.97 Å². The van der Waals surface area contributed by atoms with Gasteiger partial charge < -0.3 is 0 Å². The van der Waals surface area contributed by atoms with Crippen molar-refractivity contribution in [2.75, 3.05) is 0 Å². The van der Waals surface area contributed by atoms with Crippen LogP contribution in [0, 0.1) is 23.2 Å². The molecular formula is C28H39N3. The number of aromatic nitrogens is 2. The number of unbranched alkanes of at least 4 members (excludes halogenated alkanes) is 6. The number of nitrogens with zero attached hydrogens (tertiary/aromatic N) is 3. The smallest absolute Gasteiger partial charge is 0.116 e. The highest BCUT2D eigenvalue weighted by atomic mass is 14.8. The molecule has 0 amide bonds. The van der Waals surface area contributed by atoms with Gasteiger partial charge in [0.25, 0.3) is 0 Å². The number of rotatable bonds is 12. The molecule has 31 heavy (non-hydrogen) atoms. The van der Waals surface area contributed by atoms with Crippen LogP contribution in [0.25, 0.3) is 11.3 Å². The first kappa shape index (κ1) is 23.5. The van der Waals surface area contributed by atoms with Crippen molar-refractivity contribution in [2.45, 2.75) is 96.8 Å². The quantitative estimate of drug-likeness (QED) is 0.330. The Morgan fingerprint density at radius 2 is 1.58 bits per heavy atom. The van der Waals surface area contributed by atoms with Gasteiger partial charge in [-0.25, -0.2) is 9.97 Å². The molecule has 166 valence electrons. The van der Waals surface area contributed by atoms with Gasteiger partial charge in [0.05, 0.1) is 17.3 Å². The molecule has 0 saturated heterocycles. The molecule has 1 saturated carbocycles. The maximum Gasteiger partial charge on any atom is 0.116 e. The summed E-state index contributed by atoms with van der Waals surface area (Å²) in [6.45, 7) is 2.29. The Kier molecular flexibility index (Phi) is 10.0. The van der Waals surface area contributed by atoms with Crippen LogP contribution in [-0.2, 0) is 6.42 Å². The summed E-state index contributed by atoms with van der Waals surface area (Å²) in [7, 11) is 0. The van der Waals surface area contributed by atoms with Gasteiger partial charge in [-0.05, 0) is 36.3 Å². The van der Waals surface area contributed by atoms with E-state index in [1.165, 1.54) is 89.0 Å². The van der Waals surface area contributed by atoms with Crippen molar-refractivity contribution in [2.24, 2.45) is 11.8 Å². The highest BCUT2D eigenvalue weighted by molar-refractivity contribution is 5.69. The van der Waals surface area contributed by atoms with E-state index in [1.807, 2.05) is 30.5 Å². The minimum Gasteiger partial charge on any atom is -0.244 e. The Bertz CT molecular complexity index is 815. The molecule has 1 heterocycles. The molecule has 0 spiro atoms. The fraction of sp³-hybridized carbons (Fsp3) is 0.607. The van der Waals surface area contributed by atoms with Crippen LogP contribution in [0.2, 0.25) is 0 Å². The van der Waals surface area contributed by atoms with E-state index in [9.17, 15) is 5.26 Å². The van der Waals surface area contributed by atoms with Gasteiger partial charge in [0.1, 0.15) is 6.33 Å². The van der Waals surface area contributed by atoms with Crippen LogP contribution in [0.3, 0.4) is 0 Å². The average Bonchev–Trinajstić information content (AvgIpc) is 2.83. The van der Waals surface area contributed by atoms with Crippen LogP contribution in [0.5, 0.6) is 0 Å². The van der Waals surface area contributed by atoms with Crippen LogP contribution >= 0.6 is 0 Å². The summed E-state index contributed by atoms with van der Waals surface area (Å²) in [5.74, 6) is 1.79. The average molecular weight is 418 g/mol. The predicted octanol–water partition coefficient (Wildman–Crippen LogP) is 7.89. The standard InChI is InChI=1S/C28H39N3/c1-2-3-4-5-6-7-8-11-23-14-16-24(17-15-23)18-19-26-21-30-22-31-28(26)27-13-10-9-12-25(27)20-29/h9-10,12-13,21-24H,2-8,11,14-19H2,1H3. The molecule has 1 aliphatic rings. The lowest BCUT2D eigenvalue weighted by Crippen LogP contribution is -2.15. The molecule has 0 atom stereocenters. The van der Waals surface area contributed by atoms with Crippen molar-refractivity contribution in [3.8, 4) is 17.3 Å². The third-order valence-corrected chi connectivity index (χ3v) is 7.09. The highest BCUT2D eigenvalue weighted by Gasteiger charge is 2.21. The topological polar surface area (TPSA) is 49.6 Å². The predicted molar refractivity (Wildman–Crippen MR) is 129 cm³/mol. The normalized spacial score (nSPS) is 18.6. The molecule has 1 aliphatic carbocycles. The highest BCUT2D eigenvalue weighted by Crippen LogP contribution is 2.35. The maximum absolute atomic E-state index is 9.46. The third-order valence-electron chi connectivity index (χ3n) is 7.09. The van der Waals surface area contributed by atoms with E-state index in [0.717, 1.165) is 29.5 Å². The number of nitriles is 1. The van der Waals surface area contributed by atoms with Crippen LogP contribution in [0.15, 0.2) is 36.8 Å². The van der Waals surface area contributed by atoms with Gasteiger partial charge in [0.15, 0.2) is 0 Å². The Labute approximate surface area is 189 Å². The number of benzene rings is 1. The molecule has 0 bridgehead atoms. The fourth-order valence-electron chi connectivity index (χ4n) is 5.13. The molecule has 2 aromatic rings. The maximum atomic E-state index is 9.46. The molecule has 0 aliphatic heterocycles. The lowest BCUT2D eigenvalue weighted by molar-refractivity contribution is 0.248. The van der Waals surface area contributed by atoms with Crippen LogP contribution in [0.1, 0.15) is 102 Å². The Balaban J connectivity index is 1.41. The lowest BCUT2D eigenvalue weighted by atomic mass is 9.77. The Morgan fingerprint density at radius 3 is 2.32 bits per heavy atom. The monoisotopic (exact) mass is 417 g/mol. The van der Waals surface area contributed by atoms with Crippen molar-refractivity contribution >= 4 is 0 Å². The first-order valence-electron chi connectivity index (χ1n) is 12.6. The largest absolute Gasteiger partial charge is 0.244 e. The first-order valence-corrected chi connectivity index (χ1v) is 12.6. The van der Waals surface area contributed by atoms with Crippen molar-refractivity contribution in [3.63, 3.8) is 0 Å². The van der Waals surface area contributed by atoms with Crippen LogP contribution in [-0.4, -0.2) is 9.97 Å². The molecule has 3 nitrogen and oxygen atoms in total. The second-order valence-electron chi connectivity index (χ2n) is 9.39. The van der Waals surface area contributed by atoms with E-state index in [1.54, 1.807) is 6.33 Å². The Hall–Kier alpha value is -2.21. The summed E-state index contributed by atoms with van der Waals surface area (Å²) in [6, 6.07) is 10.1. The minimum absolute atomic E-state index is 0.688. The van der Waals surface area contributed by atoms with Gasteiger partial charge in [0.2, 0.25) is 0 Å². The molecule has 1 fully saturated rings. The van der Waals surface area contributed by atoms with Gasteiger partial charge in [-0.2, -0.15) is 5.26 Å². The molecule has 3 rings (SSSR count). The summed E-state index contributed by atoms with van der Waals surface area (Å²) in [4.78, 5) is 8.81. The zero-order valence-electron chi connectivity index (χ0n) is 19.4. The molecule has 1 aromatic carbocycles. The molecular weight excluding hydrogens is 378 g/mol. The summed E-state index contributed by atoms with van der Waals surface area (Å²) >= 11 is 0. The van der Waals surface area contributed by atoms with Gasteiger partial charge in [0, 0.05) is 11.8 Å². The van der Waals surface area contributed by atoms with Gasteiger partial charge in [-0.15, -0.1) is 0 Å². The fourth-order valence-corrected chi connectivity index (χ4v) is 5.13. The van der Waals surface area contributed by atoms with E-state index >= 15 is 0 Å². The van der Waals surface area contributed by atoms with E-state index in [2.05, 4.69) is 23.0 Å². The SMILES string of the molecule is CCCCCCCCCC1CCC(CCc2cncnc2-c2ccccc2C#N)CC1. The second kappa shape index (κ2) is 13.3. The van der Waals surface area contributed by atoms with Crippen LogP contribution in [0.4, 0.5) is 0 Å². The number of hydrogen-bond acceptors (Lipinski definition) is 3. The number of hydrogen-bond donors (Lipinski definition) is 0. The van der Waals surface area contributed by atoms with E-state index in [-0.39, 0.29) is 0 Å². The summed E-state index contributed by atoms with van der Waals surface area (Å²) in [5, 5.41) is 9.46. The van der Waals surface area contributed by atoms with Gasteiger partial charge in [-0.1, -0.05) is 102 Å². The molecule has 3 heteroatoms. The van der Waals surface area contributed by atoms with E-state index in [0.29, 0.717) is 5.56 Å². The zero-order valence-corrected chi connectivity index (χ0v) is 19.4. The van der Waals surface area contributed by atoms with Crippen LogP contribution < -0.4 is 0 Å².